The third kappa shape index (κ3) is 2.73. The molecule has 2 heterocycles. The number of para-hydroxylation sites is 1. The van der Waals surface area contributed by atoms with E-state index in [0.717, 1.165) is 10.8 Å². The number of rotatable bonds is 5. The lowest BCUT2D eigenvalue weighted by molar-refractivity contribution is 0.141. The Morgan fingerprint density at radius 1 is 0.933 bits per heavy atom. The first-order valence-electron chi connectivity index (χ1n) is 9.72. The van der Waals surface area contributed by atoms with Gasteiger partial charge in [0, 0.05) is 41.3 Å². The molecule has 2 aromatic heterocycles. The number of pyridine rings is 1. The molecule has 0 fully saturated rings. The fraction of sp³-hybridized carbons (Fsp3) is 0.217. The van der Waals surface area contributed by atoms with Crippen molar-refractivity contribution in [3.8, 4) is 0 Å². The van der Waals surface area contributed by atoms with E-state index < -0.39 is 0 Å². The maximum Gasteiger partial charge on any atom is 0.261 e. The Labute approximate surface area is 180 Å². The summed E-state index contributed by atoms with van der Waals surface area (Å²) in [4.78, 5) is 26.4. The Balaban J connectivity index is 1.94. The first-order chi connectivity index (χ1) is 14.5. The van der Waals surface area contributed by atoms with Crippen LogP contribution in [0.5, 0.6) is 0 Å². The fourth-order valence-corrected chi connectivity index (χ4v) is 4.72. The van der Waals surface area contributed by atoms with Gasteiger partial charge in [0.2, 0.25) is 0 Å². The molecule has 0 saturated carbocycles. The molecule has 152 valence electrons. The minimum Gasteiger partial charge on any atom is -0.454 e. The monoisotopic (exact) mass is 441 g/mol. The normalized spacial score (nSPS) is 12.1. The Hall–Kier alpha value is -2.60. The van der Waals surface area contributed by atoms with Crippen molar-refractivity contribution in [3.05, 3.63) is 67.2 Å². The lowest BCUT2D eigenvalue weighted by Crippen LogP contribution is -2.33. The zero-order valence-corrected chi connectivity index (χ0v) is 17.6. The summed E-state index contributed by atoms with van der Waals surface area (Å²) in [5.41, 5.74) is 0.301. The van der Waals surface area contributed by atoms with E-state index in [0.29, 0.717) is 62.4 Å². The molecule has 0 aliphatic heterocycles. The van der Waals surface area contributed by atoms with Crippen LogP contribution in [0.1, 0.15) is 13.3 Å². The Bertz CT molecular complexity index is 1520. The van der Waals surface area contributed by atoms with Crippen LogP contribution < -0.4 is 11.1 Å². The van der Waals surface area contributed by atoms with E-state index in [9.17, 15) is 9.59 Å². The van der Waals surface area contributed by atoms with E-state index in [1.165, 1.54) is 4.57 Å². The van der Waals surface area contributed by atoms with Crippen molar-refractivity contribution in [2.75, 3.05) is 13.2 Å². The molecule has 30 heavy (non-hydrogen) atoms. The molecule has 0 amide bonds. The number of halogens is 2. The minimum absolute atomic E-state index is 0.261. The van der Waals surface area contributed by atoms with Gasteiger partial charge in [0.05, 0.1) is 20.8 Å². The van der Waals surface area contributed by atoms with Gasteiger partial charge in [-0.3, -0.25) is 14.2 Å². The van der Waals surface area contributed by atoms with Crippen molar-refractivity contribution in [1.82, 2.24) is 4.57 Å². The number of hydrogen-bond acceptors (Lipinski definition) is 4. The lowest BCUT2D eigenvalue weighted by Gasteiger charge is -2.16. The third-order valence-corrected chi connectivity index (χ3v) is 6.04. The summed E-state index contributed by atoms with van der Waals surface area (Å²) in [6, 6.07) is 10.7. The maximum absolute atomic E-state index is 13.2. The molecule has 5 nitrogen and oxygen atoms in total. The Kier molecular flexibility index (Phi) is 4.69. The second kappa shape index (κ2) is 7.27. The fourth-order valence-electron chi connectivity index (χ4n) is 4.17. The Morgan fingerprint density at radius 2 is 1.63 bits per heavy atom. The van der Waals surface area contributed by atoms with Crippen LogP contribution in [0.3, 0.4) is 0 Å². The molecule has 0 saturated heterocycles. The summed E-state index contributed by atoms with van der Waals surface area (Å²) in [7, 11) is 0. The van der Waals surface area contributed by atoms with E-state index in [4.69, 9.17) is 32.4 Å². The summed E-state index contributed by atoms with van der Waals surface area (Å²) in [5.74, 6) is 0. The largest absolute Gasteiger partial charge is 0.454 e. The highest BCUT2D eigenvalue weighted by Gasteiger charge is 2.22. The van der Waals surface area contributed by atoms with Crippen molar-refractivity contribution >= 4 is 66.7 Å². The van der Waals surface area contributed by atoms with E-state index in [1.807, 2.05) is 31.2 Å². The van der Waals surface area contributed by atoms with Crippen LogP contribution in [-0.2, 0) is 11.3 Å². The number of aromatic nitrogens is 1. The highest BCUT2D eigenvalue weighted by molar-refractivity contribution is 6.45. The first-order valence-corrected chi connectivity index (χ1v) is 10.5. The van der Waals surface area contributed by atoms with E-state index in [2.05, 4.69) is 0 Å². The van der Waals surface area contributed by atoms with Gasteiger partial charge in [-0.2, -0.15) is 0 Å². The van der Waals surface area contributed by atoms with E-state index in [1.54, 1.807) is 12.1 Å². The molecule has 0 radical (unpaired) electrons. The molecule has 0 unspecified atom stereocenters. The predicted octanol–water partition coefficient (Wildman–Crippen LogP) is 5.59. The molecule has 0 spiro atoms. The maximum atomic E-state index is 13.2. The minimum atomic E-state index is -0.371. The topological polar surface area (TPSA) is 61.4 Å². The molecular formula is C23H17Cl2NO4. The van der Waals surface area contributed by atoms with Crippen LogP contribution >= 0.6 is 23.2 Å². The van der Waals surface area contributed by atoms with Crippen molar-refractivity contribution in [3.63, 3.8) is 0 Å². The van der Waals surface area contributed by atoms with Gasteiger partial charge in [0.25, 0.3) is 11.1 Å². The van der Waals surface area contributed by atoms with Crippen molar-refractivity contribution in [1.29, 1.82) is 0 Å². The van der Waals surface area contributed by atoms with Gasteiger partial charge >= 0.3 is 0 Å². The molecule has 0 aliphatic rings. The van der Waals surface area contributed by atoms with Gasteiger partial charge in [-0.15, -0.1) is 0 Å². The van der Waals surface area contributed by atoms with E-state index >= 15 is 0 Å². The van der Waals surface area contributed by atoms with Gasteiger partial charge in [-0.05, 0) is 31.5 Å². The second-order valence-electron chi connectivity index (χ2n) is 7.18. The van der Waals surface area contributed by atoms with Crippen molar-refractivity contribution in [2.45, 2.75) is 19.9 Å². The molecule has 5 aromatic rings. The number of benzene rings is 3. The summed E-state index contributed by atoms with van der Waals surface area (Å²) in [6.45, 7) is 3.22. The predicted molar refractivity (Wildman–Crippen MR) is 122 cm³/mol. The Morgan fingerprint density at radius 3 is 2.37 bits per heavy atom. The molecule has 0 aliphatic carbocycles. The summed E-state index contributed by atoms with van der Waals surface area (Å²) in [5, 5.41) is 4.15. The number of ether oxygens (including phenoxy) is 1. The molecular weight excluding hydrogens is 425 g/mol. The summed E-state index contributed by atoms with van der Waals surface area (Å²) < 4.78 is 12.6. The number of nitrogens with zero attached hydrogens (tertiary/aromatic N) is 1. The van der Waals surface area contributed by atoms with Crippen LogP contribution in [-0.4, -0.2) is 17.8 Å². The summed E-state index contributed by atoms with van der Waals surface area (Å²) in [6.07, 6.45) is 0.553. The first kappa shape index (κ1) is 19.4. The smallest absolute Gasteiger partial charge is 0.261 e. The van der Waals surface area contributed by atoms with Crippen LogP contribution in [0, 0.1) is 0 Å². The molecule has 0 bridgehead atoms. The zero-order chi connectivity index (χ0) is 21.0. The number of fused-ring (bicyclic) bond motifs is 2. The third-order valence-electron chi connectivity index (χ3n) is 5.46. The second-order valence-corrected chi connectivity index (χ2v) is 7.99. The number of hydrogen-bond donors (Lipinski definition) is 0. The van der Waals surface area contributed by atoms with Crippen LogP contribution in [0.4, 0.5) is 0 Å². The van der Waals surface area contributed by atoms with Crippen molar-refractivity contribution in [2.24, 2.45) is 0 Å². The van der Waals surface area contributed by atoms with Gasteiger partial charge in [-0.1, -0.05) is 41.4 Å². The highest BCUT2D eigenvalue weighted by atomic mass is 35.5. The van der Waals surface area contributed by atoms with E-state index in [-0.39, 0.29) is 17.7 Å². The lowest BCUT2D eigenvalue weighted by atomic mass is 9.96. The molecule has 3 aromatic carbocycles. The van der Waals surface area contributed by atoms with Crippen LogP contribution in [0.15, 0.2) is 50.4 Å². The molecule has 0 N–H and O–H groups in total. The standard InChI is InChI=1S/C23H17Cl2NO4/c1-2-29-9-5-8-26-22(27)13-10-15(24)19-12-6-3-4-7-17(12)30-21-16(25)11-14(23(26)28)18(13)20(19)21/h3-4,6-7,10-11H,2,5,8-9H2,1H3. The average molecular weight is 442 g/mol. The van der Waals surface area contributed by atoms with Crippen molar-refractivity contribution < 1.29 is 9.15 Å². The molecule has 0 atom stereocenters. The van der Waals surface area contributed by atoms with Gasteiger partial charge < -0.3 is 9.15 Å². The van der Waals surface area contributed by atoms with Crippen LogP contribution in [0.2, 0.25) is 10.0 Å². The average Bonchev–Trinajstić information content (AvgIpc) is 2.75. The molecule has 7 heteroatoms. The SMILES string of the molecule is CCOCCCn1c(=O)c2cc(Cl)c3oc4ccccc4c4c(Cl)cc(c1=O)c2c34. The van der Waals surface area contributed by atoms with Gasteiger partial charge in [-0.25, -0.2) is 0 Å². The van der Waals surface area contributed by atoms with Gasteiger partial charge in [0.15, 0.2) is 5.58 Å². The quantitative estimate of drug-likeness (QED) is 0.202. The zero-order valence-electron chi connectivity index (χ0n) is 16.1. The summed E-state index contributed by atoms with van der Waals surface area (Å²) >= 11 is 13.2. The highest BCUT2D eigenvalue weighted by Crippen LogP contribution is 2.43. The van der Waals surface area contributed by atoms with Crippen LogP contribution in [0.25, 0.3) is 43.5 Å². The van der Waals surface area contributed by atoms with Gasteiger partial charge in [0.1, 0.15) is 5.58 Å². The molecule has 5 rings (SSSR count).